The van der Waals surface area contributed by atoms with E-state index in [0.29, 0.717) is 0 Å². The highest BCUT2D eigenvalue weighted by molar-refractivity contribution is 7.71. The summed E-state index contributed by atoms with van der Waals surface area (Å²) in [7, 11) is -1.64. The fraction of sp³-hybridized carbons (Fsp3) is 0.857. The van der Waals surface area contributed by atoms with Gasteiger partial charge in [-0.25, -0.2) is 0 Å². The maximum atomic E-state index is 10.2. The van der Waals surface area contributed by atoms with Crippen LogP contribution in [0.5, 0.6) is 0 Å². The summed E-state index contributed by atoms with van der Waals surface area (Å²) in [6, 6.07) is 0. The maximum absolute atomic E-state index is 10.2. The van der Waals surface area contributed by atoms with E-state index in [1.165, 1.54) is 0 Å². The molecular weight excluding hydrogens is 162 g/mol. The molecule has 0 aliphatic heterocycles. The molecule has 0 rings (SSSR count). The van der Waals surface area contributed by atoms with E-state index in [0.717, 1.165) is 0 Å². The molecule has 0 aromatic heterocycles. The van der Waals surface area contributed by atoms with E-state index in [4.69, 9.17) is 0 Å². The van der Waals surface area contributed by atoms with Crippen LogP contribution in [0.3, 0.4) is 0 Å². The van der Waals surface area contributed by atoms with Crippen molar-refractivity contribution < 1.29 is 5.99 Å². The predicted molar refractivity (Wildman–Crippen MR) is 58.3 cm³/mol. The van der Waals surface area contributed by atoms with Gasteiger partial charge in [0, 0.05) is 0 Å². The minimum Gasteiger partial charge on any atom is -0.324 e. The first-order valence-corrected chi connectivity index (χ1v) is 9.55. The summed E-state index contributed by atoms with van der Waals surface area (Å²) in [5, 5.41) is 0. The zero-order valence-electron chi connectivity index (χ0n) is 9.01. The van der Waals surface area contributed by atoms with Gasteiger partial charge in [0.15, 0.2) is 0 Å². The van der Waals surface area contributed by atoms with E-state index >= 15 is 0 Å². The molecule has 0 aromatic carbocycles. The van der Waals surface area contributed by atoms with E-state index < -0.39 is 14.0 Å². The molecule has 0 aliphatic rings. The lowest BCUT2D eigenvalue weighted by Gasteiger charge is -1.96. The first-order valence-electron chi connectivity index (χ1n) is 3.18. The van der Waals surface area contributed by atoms with Crippen molar-refractivity contribution in [2.45, 2.75) is 0 Å². The molecule has 0 saturated heterocycles. The van der Waals surface area contributed by atoms with Crippen molar-refractivity contribution in [2.24, 2.45) is 0 Å². The molecule has 0 amide bonds. The molecule has 0 bridgehead atoms. The van der Waals surface area contributed by atoms with Crippen LogP contribution in [0.4, 0.5) is 0 Å². The average Bonchev–Trinajstić information content (AvgIpc) is 1.12. The summed E-state index contributed by atoms with van der Waals surface area (Å²) in [6.07, 6.45) is 3.88. The first kappa shape index (κ1) is 13.1. The molecule has 0 fully saturated rings. The molecule has 64 valence electrons. The van der Waals surface area contributed by atoms with Gasteiger partial charge in [-0.15, -0.1) is 13.2 Å². The molecule has 0 saturated carbocycles. The Morgan fingerprint density at radius 3 is 1.00 bits per heavy atom. The Hall–Kier alpha value is 0.530. The lowest BCUT2D eigenvalue weighted by molar-refractivity contribution is 0.586. The van der Waals surface area contributed by atoms with E-state index in [9.17, 15) is 4.57 Å². The van der Waals surface area contributed by atoms with E-state index in [1.54, 1.807) is 20.0 Å². The lowest BCUT2D eigenvalue weighted by Crippen LogP contribution is -1.62. The summed E-state index contributed by atoms with van der Waals surface area (Å²) in [6.45, 7) is 11.2. The van der Waals surface area contributed by atoms with Crippen LogP contribution >= 0.6 is 14.0 Å². The predicted octanol–water partition coefficient (Wildman–Crippen LogP) is 2.68. The molecule has 0 spiro atoms. The Bertz CT molecular complexity index is 129. The molecule has 0 unspecified atom stereocenters. The second-order valence-corrected chi connectivity index (χ2v) is 12.5. The minimum absolute atomic E-state index is 0. The van der Waals surface area contributed by atoms with Crippen LogP contribution in [-0.4, -0.2) is 46.3 Å². The second-order valence-electron chi connectivity index (χ2n) is 4.18. The Labute approximate surface area is 67.1 Å². The van der Waals surface area contributed by atoms with Crippen LogP contribution in [-0.2, 0) is 4.57 Å². The third-order valence-corrected chi connectivity index (χ3v) is 0. The summed E-state index contributed by atoms with van der Waals surface area (Å²) >= 11 is 0. The molecule has 0 heterocycles. The summed E-state index contributed by atoms with van der Waals surface area (Å²) in [5.41, 5.74) is 0. The number of hydrogen-bond donors (Lipinski definition) is 0. The Balaban J connectivity index is -0.000000107. The van der Waals surface area contributed by atoms with Gasteiger partial charge in [0.25, 0.3) is 0 Å². The molecule has 0 radical (unpaired) electrons. The highest BCUT2D eigenvalue weighted by atomic mass is 31.2. The van der Waals surface area contributed by atoms with Crippen LogP contribution in [0.2, 0.25) is 0 Å². The Kier molecular flexibility index (Phi) is 5.81. The topological polar surface area (TPSA) is 17.1 Å². The number of hydrogen-bond acceptors (Lipinski definition) is 1. The Morgan fingerprint density at radius 1 is 1.00 bits per heavy atom. The van der Waals surface area contributed by atoms with Crippen LogP contribution in [0, 0.1) is 0 Å². The van der Waals surface area contributed by atoms with Crippen LogP contribution < -0.4 is 0 Å². The SMILES string of the molecule is C=P(C)(C)C.CP(C)(C)=O.[H+]. The van der Waals surface area contributed by atoms with Crippen molar-refractivity contribution in [3.63, 3.8) is 0 Å². The third kappa shape index (κ3) is 1720. The van der Waals surface area contributed by atoms with Crippen molar-refractivity contribution in [1.29, 1.82) is 0 Å². The van der Waals surface area contributed by atoms with Crippen LogP contribution in [0.15, 0.2) is 0 Å². The van der Waals surface area contributed by atoms with Crippen molar-refractivity contribution in [2.75, 3.05) is 40.0 Å². The standard InChI is InChI=1S/C4H11P.C3H9OP/c2*1-5(2,3)4/h1H2,2-4H3;1-3H3/p+1. The van der Waals surface area contributed by atoms with Gasteiger partial charge < -0.3 is 4.57 Å². The monoisotopic (exact) mass is 183 g/mol. The molecule has 0 aliphatic carbocycles. The van der Waals surface area contributed by atoms with E-state index in [2.05, 4.69) is 26.3 Å². The van der Waals surface area contributed by atoms with Gasteiger partial charge in [0.05, 0.1) is 7.14 Å². The van der Waals surface area contributed by atoms with Gasteiger partial charge in [-0.2, -0.15) is 0 Å². The molecule has 10 heavy (non-hydrogen) atoms. The molecule has 1 nitrogen and oxygen atoms in total. The van der Waals surface area contributed by atoms with E-state index in [-0.39, 0.29) is 1.43 Å². The maximum Gasteiger partial charge on any atom is 1.00 e. The fourth-order valence-electron chi connectivity index (χ4n) is 0. The molecule has 3 heteroatoms. The smallest absolute Gasteiger partial charge is 0.324 e. The molecule has 0 aromatic rings. The van der Waals surface area contributed by atoms with Crippen molar-refractivity contribution >= 4 is 20.3 Å². The lowest BCUT2D eigenvalue weighted by atomic mass is 11.8. The Morgan fingerprint density at radius 2 is 1.00 bits per heavy atom. The quantitative estimate of drug-likeness (QED) is 0.528. The molecule has 0 atom stereocenters. The highest BCUT2D eigenvalue weighted by Crippen LogP contribution is 2.28. The molecular formula is C7H21OP2+. The van der Waals surface area contributed by atoms with Crippen molar-refractivity contribution in [3.8, 4) is 0 Å². The van der Waals surface area contributed by atoms with E-state index in [1.807, 2.05) is 0 Å². The zero-order valence-corrected chi connectivity index (χ0v) is 9.80. The van der Waals surface area contributed by atoms with Crippen molar-refractivity contribution in [3.05, 3.63) is 0 Å². The molecule has 0 N–H and O–H groups in total. The van der Waals surface area contributed by atoms with Gasteiger partial charge in [-0.1, -0.05) is 0 Å². The van der Waals surface area contributed by atoms with Gasteiger partial charge >= 0.3 is 1.43 Å². The van der Waals surface area contributed by atoms with Crippen molar-refractivity contribution in [1.82, 2.24) is 0 Å². The summed E-state index contributed by atoms with van der Waals surface area (Å²) < 4.78 is 10.2. The van der Waals surface area contributed by atoms with Crippen LogP contribution in [0.1, 0.15) is 1.43 Å². The average molecular weight is 183 g/mol. The second kappa shape index (κ2) is 4.42. The minimum atomic E-state index is -1.64. The summed E-state index contributed by atoms with van der Waals surface area (Å²) in [5.74, 6) is 0. The largest absolute Gasteiger partial charge is 1.00 e. The fourth-order valence-corrected chi connectivity index (χ4v) is 0. The van der Waals surface area contributed by atoms with Gasteiger partial charge in [0.1, 0.15) is 0 Å². The zero-order chi connectivity index (χ0) is 9.00. The van der Waals surface area contributed by atoms with Gasteiger partial charge in [-0.3, -0.25) is 0 Å². The first-order chi connectivity index (χ1) is 4.00. The number of rotatable bonds is 0. The normalized spacial score (nSPS) is 11.8. The highest BCUT2D eigenvalue weighted by Gasteiger charge is 1.89. The van der Waals surface area contributed by atoms with Crippen LogP contribution in [0.25, 0.3) is 0 Å². The van der Waals surface area contributed by atoms with Gasteiger partial charge in [0.2, 0.25) is 0 Å². The third-order valence-electron chi connectivity index (χ3n) is 0. The summed E-state index contributed by atoms with van der Waals surface area (Å²) in [4.78, 5) is 0. The van der Waals surface area contributed by atoms with Gasteiger partial charge in [-0.05, 0) is 40.0 Å².